The number of methoxy groups -OCH3 is 2. The number of rotatable bonds is 6. The average Bonchev–Trinajstić information content (AvgIpc) is 2.61. The number of carboxylic acid groups (broad SMARTS) is 2. The van der Waals surface area contributed by atoms with E-state index in [1.807, 2.05) is 0 Å². The van der Waals surface area contributed by atoms with Crippen molar-refractivity contribution >= 4 is 11.9 Å². The van der Waals surface area contributed by atoms with E-state index in [2.05, 4.69) is 0 Å². The highest BCUT2D eigenvalue weighted by molar-refractivity contribution is 5.75. The summed E-state index contributed by atoms with van der Waals surface area (Å²) in [6, 6.07) is 14.1. The first-order valence-electron chi connectivity index (χ1n) is 7.58. The third kappa shape index (κ3) is 6.95. The predicted octanol–water partition coefficient (Wildman–Crippen LogP) is 3.21. The Balaban J connectivity index is 0.000000251. The average molecular weight is 346 g/mol. The largest absolute Gasteiger partial charge is 0.497 e. The smallest absolute Gasteiger partial charge is 0.310 e. The maximum atomic E-state index is 10.7. The lowest BCUT2D eigenvalue weighted by Gasteiger charge is -2.07. The van der Waals surface area contributed by atoms with Crippen LogP contribution >= 0.6 is 0 Å². The molecule has 2 aromatic rings. The summed E-state index contributed by atoms with van der Waals surface area (Å²) < 4.78 is 9.94. The van der Waals surface area contributed by atoms with E-state index in [0.717, 1.165) is 11.1 Å². The summed E-state index contributed by atoms with van der Waals surface area (Å²) in [5, 5.41) is 17.2. The van der Waals surface area contributed by atoms with Crippen LogP contribution < -0.4 is 9.47 Å². The van der Waals surface area contributed by atoms with E-state index in [4.69, 9.17) is 19.7 Å². The minimum absolute atomic E-state index is 0.0389. The minimum Gasteiger partial charge on any atom is -0.497 e. The van der Waals surface area contributed by atoms with E-state index < -0.39 is 17.9 Å². The molecule has 0 heterocycles. The van der Waals surface area contributed by atoms with E-state index in [1.54, 1.807) is 69.7 Å². The number of ether oxygens (including phenoxy) is 2. The van der Waals surface area contributed by atoms with E-state index in [0.29, 0.717) is 11.5 Å². The van der Waals surface area contributed by atoms with Gasteiger partial charge in [0, 0.05) is 0 Å². The number of carboxylic acids is 2. The summed E-state index contributed by atoms with van der Waals surface area (Å²) >= 11 is 0. The van der Waals surface area contributed by atoms with Gasteiger partial charge < -0.3 is 19.7 Å². The molecule has 0 fully saturated rings. The van der Waals surface area contributed by atoms with Crippen LogP contribution in [0.1, 0.15) is 24.0 Å². The summed E-state index contributed by atoms with van der Waals surface area (Å²) in [4.78, 5) is 21.0. The van der Waals surface area contributed by atoms with Crippen molar-refractivity contribution in [2.45, 2.75) is 19.3 Å². The first-order valence-corrected chi connectivity index (χ1v) is 7.58. The Morgan fingerprint density at radius 3 is 2.04 bits per heavy atom. The zero-order valence-corrected chi connectivity index (χ0v) is 14.4. The minimum atomic E-state index is -0.830. The van der Waals surface area contributed by atoms with Crippen LogP contribution in [-0.4, -0.2) is 36.4 Å². The number of hydrogen-bond donors (Lipinski definition) is 2. The van der Waals surface area contributed by atoms with Gasteiger partial charge in [0.1, 0.15) is 11.5 Å². The molecule has 6 heteroatoms. The maximum absolute atomic E-state index is 10.7. The summed E-state index contributed by atoms with van der Waals surface area (Å²) in [6.07, 6.45) is 0.0389. The fraction of sp³-hybridized carbons (Fsp3) is 0.263. The van der Waals surface area contributed by atoms with Gasteiger partial charge in [-0.1, -0.05) is 24.3 Å². The fourth-order valence-corrected chi connectivity index (χ4v) is 2.01. The van der Waals surface area contributed by atoms with E-state index in [-0.39, 0.29) is 6.42 Å². The highest BCUT2D eigenvalue weighted by Crippen LogP contribution is 2.20. The molecule has 0 amide bonds. The van der Waals surface area contributed by atoms with Gasteiger partial charge in [0.2, 0.25) is 0 Å². The topological polar surface area (TPSA) is 93.1 Å². The monoisotopic (exact) mass is 346 g/mol. The second-order valence-electron chi connectivity index (χ2n) is 5.26. The predicted molar refractivity (Wildman–Crippen MR) is 93.4 cm³/mol. The molecular formula is C19H22O6. The van der Waals surface area contributed by atoms with Crippen LogP contribution in [0, 0.1) is 0 Å². The molecule has 0 saturated carbocycles. The maximum Gasteiger partial charge on any atom is 0.310 e. The highest BCUT2D eigenvalue weighted by atomic mass is 16.5. The molecule has 2 aromatic carbocycles. The molecule has 0 aliphatic rings. The lowest BCUT2D eigenvalue weighted by atomic mass is 10.0. The van der Waals surface area contributed by atoms with Crippen LogP contribution in [0.4, 0.5) is 0 Å². The van der Waals surface area contributed by atoms with Crippen LogP contribution in [0.3, 0.4) is 0 Å². The van der Waals surface area contributed by atoms with Gasteiger partial charge in [-0.05, 0) is 42.3 Å². The van der Waals surface area contributed by atoms with Crippen LogP contribution in [-0.2, 0) is 16.0 Å². The van der Waals surface area contributed by atoms with Gasteiger partial charge in [-0.15, -0.1) is 0 Å². The lowest BCUT2D eigenvalue weighted by molar-refractivity contribution is -0.138. The molecule has 1 atom stereocenters. The molecule has 0 aliphatic carbocycles. The van der Waals surface area contributed by atoms with Crippen molar-refractivity contribution in [3.63, 3.8) is 0 Å². The van der Waals surface area contributed by atoms with Crippen LogP contribution in [0.25, 0.3) is 0 Å². The number of carbonyl (C=O) groups is 2. The zero-order valence-electron chi connectivity index (χ0n) is 14.4. The Hall–Kier alpha value is -3.02. The molecule has 0 radical (unpaired) electrons. The molecule has 0 aromatic heterocycles. The van der Waals surface area contributed by atoms with E-state index in [1.165, 1.54) is 0 Å². The summed E-state index contributed by atoms with van der Waals surface area (Å²) in [6.45, 7) is 1.65. The first kappa shape index (κ1) is 20.0. The second kappa shape index (κ2) is 9.97. The Kier molecular flexibility index (Phi) is 7.99. The lowest BCUT2D eigenvalue weighted by Crippen LogP contribution is -2.07. The number of benzene rings is 2. The highest BCUT2D eigenvalue weighted by Gasteiger charge is 2.13. The summed E-state index contributed by atoms with van der Waals surface area (Å²) in [5.41, 5.74) is 1.51. The van der Waals surface area contributed by atoms with Crippen LogP contribution in [0.15, 0.2) is 48.5 Å². The molecular weight excluding hydrogens is 324 g/mol. The number of hydrogen-bond acceptors (Lipinski definition) is 4. The molecule has 0 aliphatic heterocycles. The Bertz CT molecular complexity index is 711. The first-order chi connectivity index (χ1) is 11.9. The summed E-state index contributed by atoms with van der Waals surface area (Å²) in [5.74, 6) is -0.772. The third-order valence-corrected chi connectivity index (χ3v) is 3.45. The van der Waals surface area contributed by atoms with Crippen molar-refractivity contribution in [2.24, 2.45) is 0 Å². The Labute approximate surface area is 146 Å². The van der Waals surface area contributed by atoms with E-state index >= 15 is 0 Å². The van der Waals surface area contributed by atoms with Crippen molar-refractivity contribution in [3.8, 4) is 11.5 Å². The molecule has 1 unspecified atom stereocenters. The van der Waals surface area contributed by atoms with Gasteiger partial charge in [-0.3, -0.25) is 9.59 Å². The van der Waals surface area contributed by atoms with Gasteiger partial charge in [0.15, 0.2) is 0 Å². The van der Waals surface area contributed by atoms with Gasteiger partial charge in [0.25, 0.3) is 0 Å². The van der Waals surface area contributed by atoms with Crippen molar-refractivity contribution in [2.75, 3.05) is 14.2 Å². The van der Waals surface area contributed by atoms with Gasteiger partial charge >= 0.3 is 11.9 Å². The SMILES string of the molecule is COc1cccc(C(C)C(=O)O)c1.COc1cccc(CC(=O)O)c1. The molecule has 0 bridgehead atoms. The molecule has 0 saturated heterocycles. The van der Waals surface area contributed by atoms with Crippen molar-refractivity contribution in [1.82, 2.24) is 0 Å². The summed E-state index contributed by atoms with van der Waals surface area (Å²) in [7, 11) is 3.12. The molecule has 2 N–H and O–H groups in total. The van der Waals surface area contributed by atoms with Gasteiger partial charge in [-0.2, -0.15) is 0 Å². The number of aliphatic carboxylic acids is 2. The van der Waals surface area contributed by atoms with Gasteiger partial charge in [-0.25, -0.2) is 0 Å². The van der Waals surface area contributed by atoms with Crippen LogP contribution in [0.2, 0.25) is 0 Å². The van der Waals surface area contributed by atoms with Crippen molar-refractivity contribution in [3.05, 3.63) is 59.7 Å². The normalized spacial score (nSPS) is 10.8. The molecule has 134 valence electrons. The van der Waals surface area contributed by atoms with Crippen molar-refractivity contribution < 1.29 is 29.3 Å². The van der Waals surface area contributed by atoms with E-state index in [9.17, 15) is 9.59 Å². The third-order valence-electron chi connectivity index (χ3n) is 3.45. The fourth-order valence-electron chi connectivity index (χ4n) is 2.01. The van der Waals surface area contributed by atoms with Crippen molar-refractivity contribution in [1.29, 1.82) is 0 Å². The van der Waals surface area contributed by atoms with Crippen LogP contribution in [0.5, 0.6) is 11.5 Å². The standard InChI is InChI=1S/C10H12O3.C9H10O3/c1-7(10(11)12)8-4-3-5-9(6-8)13-2;1-12-8-4-2-3-7(5-8)6-9(10)11/h3-7H,1-2H3,(H,11,12);2-5H,6H2,1H3,(H,10,11). The quantitative estimate of drug-likeness (QED) is 0.834. The second-order valence-corrected chi connectivity index (χ2v) is 5.26. The molecule has 6 nitrogen and oxygen atoms in total. The van der Waals surface area contributed by atoms with Gasteiger partial charge in [0.05, 0.1) is 26.6 Å². The Morgan fingerprint density at radius 1 is 0.960 bits per heavy atom. The molecule has 2 rings (SSSR count). The Morgan fingerprint density at radius 2 is 1.52 bits per heavy atom. The molecule has 0 spiro atoms. The molecule has 25 heavy (non-hydrogen) atoms. The zero-order chi connectivity index (χ0) is 18.8.